The van der Waals surface area contributed by atoms with E-state index in [4.69, 9.17) is 0 Å². The maximum absolute atomic E-state index is 4.33. The van der Waals surface area contributed by atoms with E-state index in [1.807, 2.05) is 12.3 Å². The van der Waals surface area contributed by atoms with Gasteiger partial charge in [-0.05, 0) is 31.9 Å². The summed E-state index contributed by atoms with van der Waals surface area (Å²) in [4.78, 5) is 4.33. The molecule has 1 heterocycles. The Morgan fingerprint density at radius 2 is 2.15 bits per heavy atom. The smallest absolute Gasteiger partial charge is 0.126 e. The van der Waals surface area contributed by atoms with Crippen molar-refractivity contribution in [3.63, 3.8) is 0 Å². The minimum absolute atomic E-state index is 0.449. The highest BCUT2D eigenvalue weighted by Gasteiger charge is 1.96. The topological polar surface area (TPSA) is 24.9 Å². The number of hydrogen-bond donors (Lipinski definition) is 1. The van der Waals surface area contributed by atoms with Gasteiger partial charge in [-0.3, -0.25) is 0 Å². The van der Waals surface area contributed by atoms with Gasteiger partial charge in [0.25, 0.3) is 0 Å². The Morgan fingerprint density at radius 3 is 2.62 bits per heavy atom. The third-order valence-corrected chi connectivity index (χ3v) is 1.80. The number of aryl methyl sites for hydroxylation is 1. The summed E-state index contributed by atoms with van der Waals surface area (Å²) in [5.41, 5.74) is 1.32. The van der Waals surface area contributed by atoms with E-state index < -0.39 is 0 Å². The molecule has 0 saturated heterocycles. The average Bonchev–Trinajstić information content (AvgIpc) is 2.08. The zero-order valence-electron chi connectivity index (χ0n) is 8.67. The number of hydrogen-bond acceptors (Lipinski definition) is 2. The van der Waals surface area contributed by atoms with Crippen LogP contribution >= 0.6 is 0 Å². The zero-order chi connectivity index (χ0) is 9.68. The van der Waals surface area contributed by atoms with E-state index in [0.717, 1.165) is 12.2 Å². The SMILES string of the molecule is CCCc1ccc(NC(C)C)nc1. The lowest BCUT2D eigenvalue weighted by Crippen LogP contribution is -2.10. The molecule has 0 unspecified atom stereocenters. The normalized spacial score (nSPS) is 10.5. The Balaban J connectivity index is 2.59. The van der Waals surface area contributed by atoms with Gasteiger partial charge in [0.2, 0.25) is 0 Å². The molecule has 0 saturated carbocycles. The third-order valence-electron chi connectivity index (χ3n) is 1.80. The lowest BCUT2D eigenvalue weighted by Gasteiger charge is -2.08. The van der Waals surface area contributed by atoms with Crippen LogP contribution in [0.4, 0.5) is 5.82 Å². The number of nitrogens with one attached hydrogen (secondary N) is 1. The van der Waals surface area contributed by atoms with Crippen LogP contribution in [0.3, 0.4) is 0 Å². The molecule has 0 aliphatic rings. The van der Waals surface area contributed by atoms with Crippen molar-refractivity contribution in [1.82, 2.24) is 4.98 Å². The maximum atomic E-state index is 4.33. The second-order valence-corrected chi connectivity index (χ2v) is 3.60. The molecule has 0 aromatic carbocycles. The van der Waals surface area contributed by atoms with E-state index in [-0.39, 0.29) is 0 Å². The molecular weight excluding hydrogens is 160 g/mol. The van der Waals surface area contributed by atoms with E-state index in [1.54, 1.807) is 0 Å². The van der Waals surface area contributed by atoms with Crippen molar-refractivity contribution >= 4 is 5.82 Å². The van der Waals surface area contributed by atoms with Crippen molar-refractivity contribution in [2.24, 2.45) is 0 Å². The van der Waals surface area contributed by atoms with Gasteiger partial charge in [0.15, 0.2) is 0 Å². The lowest BCUT2D eigenvalue weighted by molar-refractivity contribution is 0.881. The quantitative estimate of drug-likeness (QED) is 0.766. The molecule has 0 radical (unpaired) electrons. The van der Waals surface area contributed by atoms with Gasteiger partial charge >= 0.3 is 0 Å². The van der Waals surface area contributed by atoms with Crippen LogP contribution in [0.1, 0.15) is 32.8 Å². The number of rotatable bonds is 4. The molecule has 1 aromatic heterocycles. The number of nitrogens with zero attached hydrogens (tertiary/aromatic N) is 1. The van der Waals surface area contributed by atoms with Crippen molar-refractivity contribution in [3.05, 3.63) is 23.9 Å². The fourth-order valence-corrected chi connectivity index (χ4v) is 1.24. The molecule has 0 amide bonds. The Kier molecular flexibility index (Phi) is 3.74. The lowest BCUT2D eigenvalue weighted by atomic mass is 10.2. The molecule has 13 heavy (non-hydrogen) atoms. The van der Waals surface area contributed by atoms with Crippen molar-refractivity contribution in [2.45, 2.75) is 39.7 Å². The van der Waals surface area contributed by atoms with E-state index >= 15 is 0 Å². The largest absolute Gasteiger partial charge is 0.368 e. The minimum atomic E-state index is 0.449. The summed E-state index contributed by atoms with van der Waals surface area (Å²) in [6, 6.07) is 4.64. The fraction of sp³-hybridized carbons (Fsp3) is 0.545. The highest BCUT2D eigenvalue weighted by atomic mass is 15.0. The van der Waals surface area contributed by atoms with Crippen LogP contribution in [0.25, 0.3) is 0 Å². The van der Waals surface area contributed by atoms with Crippen LogP contribution in [-0.4, -0.2) is 11.0 Å². The van der Waals surface area contributed by atoms with E-state index in [9.17, 15) is 0 Å². The average molecular weight is 178 g/mol. The van der Waals surface area contributed by atoms with Gasteiger partial charge in [0.1, 0.15) is 5.82 Å². The first-order valence-electron chi connectivity index (χ1n) is 4.94. The highest BCUT2D eigenvalue weighted by Crippen LogP contribution is 2.07. The van der Waals surface area contributed by atoms with Crippen LogP contribution in [0.5, 0.6) is 0 Å². The third kappa shape index (κ3) is 3.45. The first-order chi connectivity index (χ1) is 6.22. The van der Waals surface area contributed by atoms with Crippen LogP contribution < -0.4 is 5.32 Å². The molecule has 72 valence electrons. The molecule has 2 heteroatoms. The van der Waals surface area contributed by atoms with Gasteiger partial charge < -0.3 is 5.32 Å². The molecule has 0 bridgehead atoms. The van der Waals surface area contributed by atoms with Crippen LogP contribution in [0.15, 0.2) is 18.3 Å². The molecule has 0 spiro atoms. The molecule has 0 aliphatic carbocycles. The molecule has 1 aromatic rings. The summed E-state index contributed by atoms with van der Waals surface area (Å²) < 4.78 is 0. The van der Waals surface area contributed by atoms with Crippen molar-refractivity contribution in [3.8, 4) is 0 Å². The summed E-state index contributed by atoms with van der Waals surface area (Å²) in [5.74, 6) is 0.967. The van der Waals surface area contributed by atoms with Crippen molar-refractivity contribution in [1.29, 1.82) is 0 Å². The predicted octanol–water partition coefficient (Wildman–Crippen LogP) is 2.85. The molecule has 0 aliphatic heterocycles. The Hall–Kier alpha value is -1.05. The van der Waals surface area contributed by atoms with E-state index in [1.165, 1.54) is 12.0 Å². The monoisotopic (exact) mass is 178 g/mol. The maximum Gasteiger partial charge on any atom is 0.126 e. The first kappa shape index (κ1) is 10.0. The standard InChI is InChI=1S/C11H18N2/c1-4-5-10-6-7-11(12-8-10)13-9(2)3/h6-9H,4-5H2,1-3H3,(H,12,13). The van der Waals surface area contributed by atoms with Gasteiger partial charge in [-0.1, -0.05) is 19.4 Å². The number of pyridine rings is 1. The van der Waals surface area contributed by atoms with Crippen molar-refractivity contribution < 1.29 is 0 Å². The fourth-order valence-electron chi connectivity index (χ4n) is 1.24. The highest BCUT2D eigenvalue weighted by molar-refractivity contribution is 5.36. The summed E-state index contributed by atoms with van der Waals surface area (Å²) in [7, 11) is 0. The summed E-state index contributed by atoms with van der Waals surface area (Å²) in [5, 5.41) is 3.26. The number of anilines is 1. The van der Waals surface area contributed by atoms with Gasteiger partial charge in [-0.25, -0.2) is 4.98 Å². The van der Waals surface area contributed by atoms with Crippen LogP contribution in [0, 0.1) is 0 Å². The van der Waals surface area contributed by atoms with Gasteiger partial charge in [-0.15, -0.1) is 0 Å². The molecule has 1 rings (SSSR count). The van der Waals surface area contributed by atoms with Crippen LogP contribution in [-0.2, 0) is 6.42 Å². The first-order valence-corrected chi connectivity index (χ1v) is 4.94. The molecule has 2 nitrogen and oxygen atoms in total. The molecule has 0 atom stereocenters. The summed E-state index contributed by atoms with van der Waals surface area (Å²) >= 11 is 0. The predicted molar refractivity (Wildman–Crippen MR) is 57.0 cm³/mol. The summed E-state index contributed by atoms with van der Waals surface area (Å²) in [6.45, 7) is 6.41. The Labute approximate surface area is 80.4 Å². The zero-order valence-corrected chi connectivity index (χ0v) is 8.67. The van der Waals surface area contributed by atoms with Crippen LogP contribution in [0.2, 0.25) is 0 Å². The Morgan fingerprint density at radius 1 is 1.38 bits per heavy atom. The molecular formula is C11H18N2. The van der Waals surface area contributed by atoms with Gasteiger partial charge in [0.05, 0.1) is 0 Å². The second kappa shape index (κ2) is 4.85. The number of aromatic nitrogens is 1. The Bertz CT molecular complexity index is 239. The molecule has 0 fully saturated rings. The van der Waals surface area contributed by atoms with E-state index in [0.29, 0.717) is 6.04 Å². The second-order valence-electron chi connectivity index (χ2n) is 3.60. The minimum Gasteiger partial charge on any atom is -0.368 e. The molecule has 1 N–H and O–H groups in total. The van der Waals surface area contributed by atoms with Gasteiger partial charge in [0, 0.05) is 12.2 Å². The van der Waals surface area contributed by atoms with E-state index in [2.05, 4.69) is 37.1 Å². The van der Waals surface area contributed by atoms with Gasteiger partial charge in [-0.2, -0.15) is 0 Å². The summed E-state index contributed by atoms with van der Waals surface area (Å²) in [6.07, 6.45) is 4.25. The van der Waals surface area contributed by atoms with Crippen molar-refractivity contribution in [2.75, 3.05) is 5.32 Å².